The molecule has 1 aromatic carbocycles. The monoisotopic (exact) mass is 225 g/mol. The summed E-state index contributed by atoms with van der Waals surface area (Å²) in [4.78, 5) is 11.4. The van der Waals surface area contributed by atoms with Crippen LogP contribution in [0.15, 0.2) is 18.2 Å². The standard InChI is InChI=1S/C11H12ClNO2/c1-15-11(14)10-5-8-7(6-13-10)3-2-4-9(8)12/h2-4,10,13H,5-6H2,1H3/t10-/m1/s1. The van der Waals surface area contributed by atoms with Crippen molar-refractivity contribution in [1.82, 2.24) is 5.32 Å². The number of carbonyl (C=O) groups excluding carboxylic acids is 1. The molecule has 1 N–H and O–H groups in total. The van der Waals surface area contributed by atoms with E-state index in [0.717, 1.165) is 16.1 Å². The average Bonchev–Trinajstić information content (AvgIpc) is 2.28. The van der Waals surface area contributed by atoms with Crippen molar-refractivity contribution >= 4 is 17.6 Å². The first-order valence-corrected chi connectivity index (χ1v) is 5.17. The van der Waals surface area contributed by atoms with Crippen molar-refractivity contribution in [2.75, 3.05) is 7.11 Å². The molecule has 4 heteroatoms. The van der Waals surface area contributed by atoms with Gasteiger partial charge in [-0.3, -0.25) is 4.79 Å². The molecule has 15 heavy (non-hydrogen) atoms. The summed E-state index contributed by atoms with van der Waals surface area (Å²) in [5.41, 5.74) is 2.20. The fraction of sp³-hybridized carbons (Fsp3) is 0.364. The molecule has 0 saturated carbocycles. The average molecular weight is 226 g/mol. The lowest BCUT2D eigenvalue weighted by Crippen LogP contribution is -2.42. The third-order valence-corrected chi connectivity index (χ3v) is 3.00. The first-order chi connectivity index (χ1) is 7.22. The second kappa shape index (κ2) is 4.21. The van der Waals surface area contributed by atoms with Crippen LogP contribution < -0.4 is 5.32 Å². The third-order valence-electron chi connectivity index (χ3n) is 2.65. The number of halogens is 1. The highest BCUT2D eigenvalue weighted by Crippen LogP contribution is 2.24. The van der Waals surface area contributed by atoms with Crippen LogP contribution in [0.5, 0.6) is 0 Å². The van der Waals surface area contributed by atoms with E-state index < -0.39 is 0 Å². The molecule has 0 spiro atoms. The van der Waals surface area contributed by atoms with Gasteiger partial charge in [-0.25, -0.2) is 0 Å². The number of benzene rings is 1. The fourth-order valence-corrected chi connectivity index (χ4v) is 2.09. The minimum absolute atomic E-state index is 0.236. The second-order valence-corrected chi connectivity index (χ2v) is 3.95. The molecular formula is C11H12ClNO2. The molecule has 1 aliphatic rings. The molecule has 0 fully saturated rings. The molecule has 1 aliphatic heterocycles. The Kier molecular flexibility index (Phi) is 2.93. The van der Waals surface area contributed by atoms with E-state index in [1.807, 2.05) is 18.2 Å². The summed E-state index contributed by atoms with van der Waals surface area (Å²) < 4.78 is 4.70. The highest BCUT2D eigenvalue weighted by Gasteiger charge is 2.25. The number of ether oxygens (including phenoxy) is 1. The van der Waals surface area contributed by atoms with Crippen LogP contribution in [0.25, 0.3) is 0 Å². The molecular weight excluding hydrogens is 214 g/mol. The Labute approximate surface area is 93.4 Å². The molecule has 1 atom stereocenters. The Morgan fingerprint density at radius 3 is 3.13 bits per heavy atom. The summed E-state index contributed by atoms with van der Waals surface area (Å²) in [5, 5.41) is 3.84. The van der Waals surface area contributed by atoms with Gasteiger partial charge in [0, 0.05) is 18.0 Å². The summed E-state index contributed by atoms with van der Waals surface area (Å²) in [6.45, 7) is 0.662. The van der Waals surface area contributed by atoms with Gasteiger partial charge in [-0.15, -0.1) is 0 Å². The maximum absolute atomic E-state index is 11.4. The second-order valence-electron chi connectivity index (χ2n) is 3.54. The van der Waals surface area contributed by atoms with E-state index in [4.69, 9.17) is 16.3 Å². The van der Waals surface area contributed by atoms with E-state index in [1.54, 1.807) is 0 Å². The van der Waals surface area contributed by atoms with Gasteiger partial charge < -0.3 is 10.1 Å². The van der Waals surface area contributed by atoms with Gasteiger partial charge in [0.15, 0.2) is 0 Å². The van der Waals surface area contributed by atoms with E-state index >= 15 is 0 Å². The maximum Gasteiger partial charge on any atom is 0.323 e. The fourth-order valence-electron chi connectivity index (χ4n) is 1.82. The van der Waals surface area contributed by atoms with Gasteiger partial charge in [-0.2, -0.15) is 0 Å². The van der Waals surface area contributed by atoms with Gasteiger partial charge >= 0.3 is 5.97 Å². The van der Waals surface area contributed by atoms with E-state index in [-0.39, 0.29) is 12.0 Å². The largest absolute Gasteiger partial charge is 0.468 e. The van der Waals surface area contributed by atoms with Crippen molar-refractivity contribution in [1.29, 1.82) is 0 Å². The summed E-state index contributed by atoms with van der Waals surface area (Å²) in [6, 6.07) is 5.51. The number of rotatable bonds is 1. The molecule has 2 rings (SSSR count). The van der Waals surface area contributed by atoms with Crippen LogP contribution in [0.4, 0.5) is 0 Å². The first kappa shape index (κ1) is 10.5. The molecule has 0 saturated heterocycles. The zero-order chi connectivity index (χ0) is 10.8. The Morgan fingerprint density at radius 1 is 1.60 bits per heavy atom. The van der Waals surface area contributed by atoms with Crippen molar-refractivity contribution in [3.05, 3.63) is 34.3 Å². The zero-order valence-electron chi connectivity index (χ0n) is 8.42. The number of esters is 1. The Balaban J connectivity index is 2.26. The minimum atomic E-state index is -0.276. The smallest absolute Gasteiger partial charge is 0.323 e. The van der Waals surface area contributed by atoms with Crippen LogP contribution in [-0.4, -0.2) is 19.1 Å². The highest BCUT2D eigenvalue weighted by molar-refractivity contribution is 6.31. The normalized spacial score (nSPS) is 19.5. The predicted octanol–water partition coefficient (Wildman–Crippen LogP) is 1.53. The van der Waals surface area contributed by atoms with E-state index in [1.165, 1.54) is 7.11 Å². The first-order valence-electron chi connectivity index (χ1n) is 4.80. The van der Waals surface area contributed by atoms with Crippen molar-refractivity contribution < 1.29 is 9.53 Å². The maximum atomic E-state index is 11.4. The molecule has 1 heterocycles. The number of hydrogen-bond donors (Lipinski definition) is 1. The Morgan fingerprint density at radius 2 is 2.40 bits per heavy atom. The highest BCUT2D eigenvalue weighted by atomic mass is 35.5. The van der Waals surface area contributed by atoms with E-state index in [9.17, 15) is 4.79 Å². The van der Waals surface area contributed by atoms with Crippen LogP contribution in [-0.2, 0) is 22.5 Å². The SMILES string of the molecule is COC(=O)[C@H]1Cc2c(Cl)cccc2CN1. The summed E-state index contributed by atoms with van der Waals surface area (Å²) >= 11 is 6.08. The lowest BCUT2D eigenvalue weighted by molar-refractivity contribution is -0.143. The van der Waals surface area contributed by atoms with Gasteiger partial charge in [0.25, 0.3) is 0 Å². The van der Waals surface area contributed by atoms with Gasteiger partial charge in [0.05, 0.1) is 7.11 Å². The van der Waals surface area contributed by atoms with E-state index in [0.29, 0.717) is 13.0 Å². The van der Waals surface area contributed by atoms with Gasteiger partial charge in [-0.05, 0) is 17.2 Å². The zero-order valence-corrected chi connectivity index (χ0v) is 9.17. The van der Waals surface area contributed by atoms with Crippen LogP contribution in [0, 0.1) is 0 Å². The summed E-state index contributed by atoms with van der Waals surface area (Å²) in [5.74, 6) is -0.236. The molecule has 0 unspecified atom stereocenters. The molecule has 0 bridgehead atoms. The Hall–Kier alpha value is -1.06. The van der Waals surface area contributed by atoms with Crippen molar-refractivity contribution in [3.63, 3.8) is 0 Å². The number of hydrogen-bond acceptors (Lipinski definition) is 3. The number of carbonyl (C=O) groups is 1. The number of methoxy groups -OCH3 is 1. The Bertz CT molecular complexity index is 392. The van der Waals surface area contributed by atoms with Gasteiger partial charge in [0.1, 0.15) is 6.04 Å². The molecule has 3 nitrogen and oxygen atoms in total. The number of nitrogens with one attached hydrogen (secondary N) is 1. The van der Waals surface area contributed by atoms with Crippen LogP contribution >= 0.6 is 11.6 Å². The van der Waals surface area contributed by atoms with Crippen LogP contribution in [0.1, 0.15) is 11.1 Å². The third kappa shape index (κ3) is 1.98. The molecule has 1 aromatic rings. The lowest BCUT2D eigenvalue weighted by Gasteiger charge is -2.24. The van der Waals surface area contributed by atoms with Gasteiger partial charge in [-0.1, -0.05) is 23.7 Å². The quantitative estimate of drug-likeness (QED) is 0.737. The van der Waals surface area contributed by atoms with E-state index in [2.05, 4.69) is 5.32 Å². The molecule has 0 radical (unpaired) electrons. The molecule has 0 aromatic heterocycles. The molecule has 80 valence electrons. The number of fused-ring (bicyclic) bond motifs is 1. The molecule has 0 aliphatic carbocycles. The van der Waals surface area contributed by atoms with Crippen molar-refractivity contribution in [3.8, 4) is 0 Å². The van der Waals surface area contributed by atoms with Crippen molar-refractivity contribution in [2.24, 2.45) is 0 Å². The lowest BCUT2D eigenvalue weighted by atomic mass is 9.96. The topological polar surface area (TPSA) is 38.3 Å². The summed E-state index contributed by atoms with van der Waals surface area (Å²) in [7, 11) is 1.39. The van der Waals surface area contributed by atoms with Crippen LogP contribution in [0.3, 0.4) is 0 Å². The van der Waals surface area contributed by atoms with Crippen molar-refractivity contribution in [2.45, 2.75) is 19.0 Å². The summed E-state index contributed by atoms with van der Waals surface area (Å²) in [6.07, 6.45) is 0.599. The van der Waals surface area contributed by atoms with Crippen LogP contribution in [0.2, 0.25) is 5.02 Å². The molecule has 0 amide bonds. The predicted molar refractivity (Wildman–Crippen MR) is 57.8 cm³/mol. The minimum Gasteiger partial charge on any atom is -0.468 e. The van der Waals surface area contributed by atoms with Gasteiger partial charge in [0.2, 0.25) is 0 Å².